The van der Waals surface area contributed by atoms with Gasteiger partial charge >= 0.3 is 0 Å². The zero-order valence-electron chi connectivity index (χ0n) is 9.38. The second-order valence-corrected chi connectivity index (χ2v) is 4.47. The molecule has 0 saturated heterocycles. The monoisotopic (exact) mass is 228 g/mol. The van der Waals surface area contributed by atoms with Crippen LogP contribution in [-0.2, 0) is 11.3 Å². The molecule has 1 heterocycles. The second kappa shape index (κ2) is 4.81. The molecule has 1 rings (SSSR count). The van der Waals surface area contributed by atoms with Crippen LogP contribution in [-0.4, -0.2) is 10.6 Å². The van der Waals surface area contributed by atoms with E-state index in [0.29, 0.717) is 23.1 Å². The number of ether oxygens (including phenoxy) is 1. The van der Waals surface area contributed by atoms with Gasteiger partial charge in [-0.2, -0.15) is 0 Å². The van der Waals surface area contributed by atoms with E-state index in [9.17, 15) is 0 Å². The molecule has 0 saturated carbocycles. The first-order valence-corrected chi connectivity index (χ1v) is 5.37. The Morgan fingerprint density at radius 1 is 1.47 bits per heavy atom. The largest absolute Gasteiger partial charge is 0.384 e. The molecule has 84 valence electrons. The highest BCUT2D eigenvalue weighted by molar-refractivity contribution is 6.31. The van der Waals surface area contributed by atoms with Gasteiger partial charge in [-0.15, -0.1) is 0 Å². The fourth-order valence-electron chi connectivity index (χ4n) is 0.968. The molecule has 0 aliphatic rings. The van der Waals surface area contributed by atoms with Crippen molar-refractivity contribution in [1.82, 2.24) is 4.98 Å². The molecule has 1 aromatic rings. The van der Waals surface area contributed by atoms with Crippen molar-refractivity contribution in [3.05, 3.63) is 22.8 Å². The lowest BCUT2D eigenvalue weighted by molar-refractivity contribution is -0.0329. The molecule has 0 aliphatic carbocycles. The smallest absolute Gasteiger partial charge is 0.123 e. The lowest BCUT2D eigenvalue weighted by Gasteiger charge is -2.23. The Hall–Kier alpha value is -0.800. The van der Waals surface area contributed by atoms with Gasteiger partial charge in [0.25, 0.3) is 0 Å². The van der Waals surface area contributed by atoms with E-state index < -0.39 is 0 Å². The highest BCUT2D eigenvalue weighted by Gasteiger charge is 2.16. The lowest BCUT2D eigenvalue weighted by atomic mass is 10.1. The molecule has 0 atom stereocenters. The van der Waals surface area contributed by atoms with Crippen molar-refractivity contribution in [2.45, 2.75) is 39.4 Å². The summed E-state index contributed by atoms with van der Waals surface area (Å²) in [6, 6.07) is 3.42. The van der Waals surface area contributed by atoms with Crippen molar-refractivity contribution in [2.75, 3.05) is 5.73 Å². The normalized spacial score (nSPS) is 11.7. The Labute approximate surface area is 95.6 Å². The van der Waals surface area contributed by atoms with Crippen LogP contribution in [0.25, 0.3) is 0 Å². The van der Waals surface area contributed by atoms with Crippen LogP contribution in [0.1, 0.15) is 32.9 Å². The number of halogens is 1. The highest BCUT2D eigenvalue weighted by atomic mass is 35.5. The van der Waals surface area contributed by atoms with Gasteiger partial charge in [0.1, 0.15) is 5.82 Å². The van der Waals surface area contributed by atoms with Gasteiger partial charge in [-0.05, 0) is 32.4 Å². The Morgan fingerprint density at radius 2 is 2.13 bits per heavy atom. The maximum Gasteiger partial charge on any atom is 0.123 e. The summed E-state index contributed by atoms with van der Waals surface area (Å²) in [7, 11) is 0. The SMILES string of the molecule is CCC(C)(C)OCc1nc(N)ccc1Cl. The maximum absolute atomic E-state index is 5.97. The summed E-state index contributed by atoms with van der Waals surface area (Å²) in [6.07, 6.45) is 0.937. The number of nitrogen functional groups attached to an aromatic ring is 1. The molecule has 0 unspecified atom stereocenters. The molecule has 0 fully saturated rings. The van der Waals surface area contributed by atoms with E-state index in [-0.39, 0.29) is 5.60 Å². The van der Waals surface area contributed by atoms with Gasteiger partial charge in [-0.1, -0.05) is 18.5 Å². The van der Waals surface area contributed by atoms with Gasteiger partial charge in [0.05, 0.1) is 22.9 Å². The Kier molecular flexibility index (Phi) is 3.94. The predicted octanol–water partition coefficient (Wildman–Crippen LogP) is 3.02. The van der Waals surface area contributed by atoms with Crippen LogP contribution in [0.3, 0.4) is 0 Å². The summed E-state index contributed by atoms with van der Waals surface area (Å²) >= 11 is 5.97. The van der Waals surface area contributed by atoms with Crippen molar-refractivity contribution in [1.29, 1.82) is 0 Å². The third kappa shape index (κ3) is 3.68. The summed E-state index contributed by atoms with van der Waals surface area (Å²) in [5.41, 5.74) is 6.11. The van der Waals surface area contributed by atoms with Gasteiger partial charge in [-0.25, -0.2) is 4.98 Å². The van der Waals surface area contributed by atoms with Crippen LogP contribution in [0, 0.1) is 0 Å². The van der Waals surface area contributed by atoms with Crippen molar-refractivity contribution in [3.8, 4) is 0 Å². The number of hydrogen-bond donors (Lipinski definition) is 1. The minimum atomic E-state index is -0.157. The fourth-order valence-corrected chi connectivity index (χ4v) is 1.13. The van der Waals surface area contributed by atoms with Crippen LogP contribution in [0.15, 0.2) is 12.1 Å². The molecule has 0 radical (unpaired) electrons. The maximum atomic E-state index is 5.97. The molecule has 0 spiro atoms. The van der Waals surface area contributed by atoms with Crippen molar-refractivity contribution >= 4 is 17.4 Å². The van der Waals surface area contributed by atoms with Crippen LogP contribution in [0.4, 0.5) is 5.82 Å². The quantitative estimate of drug-likeness (QED) is 0.862. The average molecular weight is 229 g/mol. The third-order valence-corrected chi connectivity index (χ3v) is 2.74. The minimum absolute atomic E-state index is 0.157. The zero-order chi connectivity index (χ0) is 11.5. The van der Waals surface area contributed by atoms with E-state index in [1.54, 1.807) is 12.1 Å². The number of nitrogens with two attached hydrogens (primary N) is 1. The summed E-state index contributed by atoms with van der Waals surface area (Å²) in [5.74, 6) is 0.465. The van der Waals surface area contributed by atoms with E-state index in [4.69, 9.17) is 22.1 Å². The van der Waals surface area contributed by atoms with Crippen LogP contribution in [0.5, 0.6) is 0 Å². The van der Waals surface area contributed by atoms with Crippen molar-refractivity contribution in [3.63, 3.8) is 0 Å². The Bertz CT molecular complexity index is 339. The molecule has 0 bridgehead atoms. The van der Waals surface area contributed by atoms with Gasteiger partial charge in [0, 0.05) is 0 Å². The standard InChI is InChI=1S/C11H17ClN2O/c1-4-11(2,3)15-7-9-8(12)5-6-10(13)14-9/h5-6H,4,7H2,1-3H3,(H2,13,14). The first-order chi connectivity index (χ1) is 6.94. The van der Waals surface area contributed by atoms with Crippen LogP contribution in [0.2, 0.25) is 5.02 Å². The molecule has 0 aliphatic heterocycles. The molecular weight excluding hydrogens is 212 g/mol. The molecule has 1 aromatic heterocycles. The third-order valence-electron chi connectivity index (χ3n) is 2.39. The van der Waals surface area contributed by atoms with E-state index in [1.807, 2.05) is 13.8 Å². The van der Waals surface area contributed by atoms with Crippen molar-refractivity contribution in [2.24, 2.45) is 0 Å². The number of aromatic nitrogens is 1. The predicted molar refractivity (Wildman–Crippen MR) is 62.8 cm³/mol. The molecular formula is C11H17ClN2O. The Balaban J connectivity index is 2.69. The highest BCUT2D eigenvalue weighted by Crippen LogP contribution is 2.20. The van der Waals surface area contributed by atoms with Crippen LogP contribution < -0.4 is 5.73 Å². The van der Waals surface area contributed by atoms with E-state index in [2.05, 4.69) is 11.9 Å². The first kappa shape index (κ1) is 12.3. The fraction of sp³-hybridized carbons (Fsp3) is 0.545. The number of nitrogens with zero attached hydrogens (tertiary/aromatic N) is 1. The number of anilines is 1. The van der Waals surface area contributed by atoms with Crippen LogP contribution >= 0.6 is 11.6 Å². The average Bonchev–Trinajstić information content (AvgIpc) is 2.20. The minimum Gasteiger partial charge on any atom is -0.384 e. The molecule has 0 amide bonds. The van der Waals surface area contributed by atoms with Gasteiger partial charge < -0.3 is 10.5 Å². The lowest BCUT2D eigenvalue weighted by Crippen LogP contribution is -2.23. The van der Waals surface area contributed by atoms with Gasteiger partial charge in [0.15, 0.2) is 0 Å². The van der Waals surface area contributed by atoms with E-state index in [0.717, 1.165) is 6.42 Å². The summed E-state index contributed by atoms with van der Waals surface area (Å²) in [4.78, 5) is 4.13. The molecule has 15 heavy (non-hydrogen) atoms. The molecule has 0 aromatic carbocycles. The Morgan fingerprint density at radius 3 is 2.73 bits per heavy atom. The number of hydrogen-bond acceptors (Lipinski definition) is 3. The van der Waals surface area contributed by atoms with Gasteiger partial charge in [0.2, 0.25) is 0 Å². The second-order valence-electron chi connectivity index (χ2n) is 4.07. The molecule has 3 nitrogen and oxygen atoms in total. The summed E-state index contributed by atoms with van der Waals surface area (Å²) in [6.45, 7) is 6.54. The number of rotatable bonds is 4. The summed E-state index contributed by atoms with van der Waals surface area (Å²) < 4.78 is 5.70. The van der Waals surface area contributed by atoms with Gasteiger partial charge in [-0.3, -0.25) is 0 Å². The number of pyridine rings is 1. The van der Waals surface area contributed by atoms with E-state index in [1.165, 1.54) is 0 Å². The molecule has 4 heteroatoms. The topological polar surface area (TPSA) is 48.1 Å². The zero-order valence-corrected chi connectivity index (χ0v) is 10.1. The van der Waals surface area contributed by atoms with E-state index >= 15 is 0 Å². The first-order valence-electron chi connectivity index (χ1n) is 4.99. The summed E-state index contributed by atoms with van der Waals surface area (Å²) in [5, 5.41) is 0.594. The van der Waals surface area contributed by atoms with Crippen molar-refractivity contribution < 1.29 is 4.74 Å². The molecule has 2 N–H and O–H groups in total.